The van der Waals surface area contributed by atoms with E-state index in [2.05, 4.69) is 35.8 Å². The Labute approximate surface area is 212 Å². The molecular formula is C25H24BrN5O3S. The molecule has 0 radical (unpaired) electrons. The highest BCUT2D eigenvalue weighted by molar-refractivity contribution is 9.10. The van der Waals surface area contributed by atoms with E-state index in [1.54, 1.807) is 30.5 Å². The first kappa shape index (κ1) is 23.7. The Morgan fingerprint density at radius 2 is 1.86 bits per heavy atom. The molecule has 1 aliphatic heterocycles. The number of carbonyl (C=O) groups excluding carboxylic acids is 1. The van der Waals surface area contributed by atoms with Gasteiger partial charge < -0.3 is 14.8 Å². The highest BCUT2D eigenvalue weighted by Crippen LogP contribution is 2.31. The molecule has 0 bridgehead atoms. The summed E-state index contributed by atoms with van der Waals surface area (Å²) in [6.07, 6.45) is 3.01. The summed E-state index contributed by atoms with van der Waals surface area (Å²) in [5.41, 5.74) is 3.90. The number of carbonyl (C=O) groups is 1. The molecule has 3 heterocycles. The van der Waals surface area contributed by atoms with Crippen LogP contribution in [0.4, 0.5) is 0 Å². The zero-order chi connectivity index (χ0) is 24.9. The van der Waals surface area contributed by atoms with Crippen molar-refractivity contribution in [1.82, 2.24) is 24.8 Å². The first-order chi connectivity index (χ1) is 16.6. The normalized spacial score (nSPS) is 14.5. The lowest BCUT2D eigenvalue weighted by molar-refractivity contribution is 0.0399. The van der Waals surface area contributed by atoms with Crippen molar-refractivity contribution in [1.29, 1.82) is 0 Å². The Kier molecular flexibility index (Phi) is 5.98. The van der Waals surface area contributed by atoms with E-state index in [9.17, 15) is 13.2 Å². The second kappa shape index (κ2) is 8.85. The number of amides is 1. The summed E-state index contributed by atoms with van der Waals surface area (Å²) in [5.74, 6) is 0.00507. The van der Waals surface area contributed by atoms with Gasteiger partial charge in [-0.3, -0.25) is 4.79 Å². The molecule has 35 heavy (non-hydrogen) atoms. The van der Waals surface area contributed by atoms with Crippen LogP contribution in [-0.2, 0) is 9.84 Å². The third-order valence-corrected chi connectivity index (χ3v) is 8.95. The summed E-state index contributed by atoms with van der Waals surface area (Å²) in [6, 6.07) is 12.8. The number of nitrogens with zero attached hydrogens (tertiary/aromatic N) is 4. The number of benzene rings is 2. The number of aryl methyl sites for hydroxylation is 1. The maximum atomic E-state index is 13.3. The molecule has 8 nitrogen and oxygen atoms in total. The third-order valence-electron chi connectivity index (χ3n) is 6.33. The van der Waals surface area contributed by atoms with Crippen LogP contribution in [0, 0.1) is 6.92 Å². The van der Waals surface area contributed by atoms with E-state index in [0.29, 0.717) is 32.8 Å². The van der Waals surface area contributed by atoms with Crippen molar-refractivity contribution in [2.24, 2.45) is 0 Å². The van der Waals surface area contributed by atoms with E-state index < -0.39 is 9.84 Å². The summed E-state index contributed by atoms with van der Waals surface area (Å²) >= 11 is 3.34. The zero-order valence-corrected chi connectivity index (χ0v) is 21.9. The first-order valence-electron chi connectivity index (χ1n) is 11.1. The summed E-state index contributed by atoms with van der Waals surface area (Å²) in [7, 11) is 0.148. The van der Waals surface area contributed by atoms with E-state index in [1.165, 1.54) is 6.20 Å². The Balaban J connectivity index is 1.46. The third kappa shape index (κ3) is 4.26. The molecule has 180 valence electrons. The Bertz CT molecular complexity index is 1540. The minimum atomic E-state index is -3.88. The topological polar surface area (TPSA) is 99.3 Å². The maximum Gasteiger partial charge on any atom is 0.253 e. The number of aromatic nitrogens is 3. The molecule has 1 N–H and O–H groups in total. The van der Waals surface area contributed by atoms with Crippen LogP contribution in [-0.4, -0.2) is 72.3 Å². The number of nitrogens with one attached hydrogen (secondary N) is 1. The average Bonchev–Trinajstić information content (AvgIpc) is 3.22. The number of halogens is 1. The van der Waals surface area contributed by atoms with Gasteiger partial charge in [-0.15, -0.1) is 0 Å². The van der Waals surface area contributed by atoms with Gasteiger partial charge >= 0.3 is 0 Å². The number of sulfone groups is 1. The zero-order valence-electron chi connectivity index (χ0n) is 19.5. The van der Waals surface area contributed by atoms with Gasteiger partial charge in [0.15, 0.2) is 10.7 Å². The van der Waals surface area contributed by atoms with Crippen LogP contribution in [0.2, 0.25) is 0 Å². The van der Waals surface area contributed by atoms with Crippen molar-refractivity contribution in [2.45, 2.75) is 22.9 Å². The van der Waals surface area contributed by atoms with Crippen LogP contribution >= 0.6 is 15.9 Å². The fourth-order valence-electron chi connectivity index (χ4n) is 4.08. The lowest BCUT2D eigenvalue weighted by atomic mass is 10.0. The summed E-state index contributed by atoms with van der Waals surface area (Å²) in [6.45, 7) is 3.28. The predicted octanol–water partition coefficient (Wildman–Crippen LogP) is 3.91. The van der Waals surface area contributed by atoms with Crippen molar-refractivity contribution in [3.63, 3.8) is 0 Å². The second-order valence-corrected chi connectivity index (χ2v) is 11.7. The van der Waals surface area contributed by atoms with Gasteiger partial charge in [0, 0.05) is 40.9 Å². The summed E-state index contributed by atoms with van der Waals surface area (Å²) in [4.78, 5) is 28.7. The van der Waals surface area contributed by atoms with Gasteiger partial charge in [0.2, 0.25) is 9.84 Å². The molecule has 0 unspecified atom stereocenters. The number of likely N-dealkylation sites (N-methyl/N-ethyl adjacent to an activating group) is 1. The second-order valence-electron chi connectivity index (χ2n) is 8.95. The standard InChI is InChI=1S/C25H24BrN5O3S/c1-15-4-9-20(26)21(10-15)35(33,34)22-12-28-24-23(29-22)19(11-27-24)16-5-7-17(8-6-16)25(32)31-13-18(14-31)30(2)3/h4-12,18H,13-14H2,1-3H3,(H,27,28). The lowest BCUT2D eigenvalue weighted by Gasteiger charge is -2.42. The SMILES string of the molecule is Cc1ccc(Br)c(S(=O)(=O)c2cnc3[nH]cc(-c4ccc(C(=O)N5CC(N(C)C)C5)cc4)c3n2)c1. The molecule has 10 heteroatoms. The molecular weight excluding hydrogens is 530 g/mol. The number of hydrogen-bond acceptors (Lipinski definition) is 6. The van der Waals surface area contributed by atoms with Gasteiger partial charge in [0.1, 0.15) is 5.52 Å². The van der Waals surface area contributed by atoms with E-state index in [4.69, 9.17) is 0 Å². The minimum absolute atomic E-state index is 0.00507. The highest BCUT2D eigenvalue weighted by atomic mass is 79.9. The van der Waals surface area contributed by atoms with Crippen LogP contribution < -0.4 is 0 Å². The minimum Gasteiger partial charge on any atom is -0.344 e. The number of aromatic amines is 1. The van der Waals surface area contributed by atoms with Crippen molar-refractivity contribution in [2.75, 3.05) is 27.2 Å². The van der Waals surface area contributed by atoms with E-state index in [1.807, 2.05) is 44.1 Å². The Hall–Kier alpha value is -3.08. The number of hydrogen-bond donors (Lipinski definition) is 1. The Morgan fingerprint density at radius 3 is 2.54 bits per heavy atom. The van der Waals surface area contributed by atoms with Crippen molar-refractivity contribution in [3.8, 4) is 11.1 Å². The molecule has 5 rings (SSSR count). The average molecular weight is 554 g/mol. The molecule has 2 aromatic carbocycles. The van der Waals surface area contributed by atoms with Crippen LogP contribution in [0.5, 0.6) is 0 Å². The van der Waals surface area contributed by atoms with Gasteiger partial charge in [-0.05, 0) is 72.3 Å². The highest BCUT2D eigenvalue weighted by Gasteiger charge is 2.32. The van der Waals surface area contributed by atoms with E-state index in [0.717, 1.165) is 24.2 Å². The Morgan fingerprint density at radius 1 is 1.14 bits per heavy atom. The molecule has 1 fully saturated rings. The van der Waals surface area contributed by atoms with Gasteiger partial charge in [0.05, 0.1) is 11.1 Å². The van der Waals surface area contributed by atoms with Crippen molar-refractivity contribution >= 4 is 42.8 Å². The monoisotopic (exact) mass is 553 g/mol. The fourth-order valence-corrected chi connectivity index (χ4v) is 6.26. The summed E-state index contributed by atoms with van der Waals surface area (Å²) < 4.78 is 27.1. The first-order valence-corrected chi connectivity index (χ1v) is 13.3. The quantitative estimate of drug-likeness (QED) is 0.402. The van der Waals surface area contributed by atoms with Gasteiger partial charge in [-0.1, -0.05) is 18.2 Å². The smallest absolute Gasteiger partial charge is 0.253 e. The molecule has 0 aliphatic carbocycles. The maximum absolute atomic E-state index is 13.3. The molecule has 2 aromatic heterocycles. The molecule has 1 aliphatic rings. The molecule has 1 amide bonds. The molecule has 4 aromatic rings. The fraction of sp³-hybridized carbons (Fsp3) is 0.240. The van der Waals surface area contributed by atoms with Gasteiger partial charge in [-0.2, -0.15) is 0 Å². The van der Waals surface area contributed by atoms with Crippen LogP contribution in [0.3, 0.4) is 0 Å². The van der Waals surface area contributed by atoms with Crippen molar-refractivity contribution < 1.29 is 13.2 Å². The number of H-pyrrole nitrogens is 1. The van der Waals surface area contributed by atoms with Crippen LogP contribution in [0.1, 0.15) is 15.9 Å². The summed E-state index contributed by atoms with van der Waals surface area (Å²) in [5, 5.41) is -0.128. The van der Waals surface area contributed by atoms with Gasteiger partial charge in [-0.25, -0.2) is 18.4 Å². The molecule has 0 spiro atoms. The van der Waals surface area contributed by atoms with E-state index in [-0.39, 0.29) is 15.8 Å². The van der Waals surface area contributed by atoms with Crippen LogP contribution in [0.25, 0.3) is 22.3 Å². The van der Waals surface area contributed by atoms with E-state index >= 15 is 0 Å². The number of fused-ring (bicyclic) bond motifs is 1. The van der Waals surface area contributed by atoms with Crippen LogP contribution in [0.15, 0.2) is 69.3 Å². The molecule has 1 saturated heterocycles. The molecule has 0 saturated carbocycles. The number of likely N-dealkylation sites (tertiary alicyclic amines) is 1. The largest absolute Gasteiger partial charge is 0.344 e. The van der Waals surface area contributed by atoms with Crippen molar-refractivity contribution in [3.05, 3.63) is 70.5 Å². The predicted molar refractivity (Wildman–Crippen MR) is 137 cm³/mol. The lowest BCUT2D eigenvalue weighted by Crippen LogP contribution is -2.59. The molecule has 0 atom stereocenters. The number of rotatable bonds is 5. The van der Waals surface area contributed by atoms with Gasteiger partial charge in [0.25, 0.3) is 5.91 Å².